The van der Waals surface area contributed by atoms with Crippen LogP contribution in [-0.4, -0.2) is 36.0 Å². The van der Waals surface area contributed by atoms with E-state index in [4.69, 9.17) is 16.3 Å². The summed E-state index contributed by atoms with van der Waals surface area (Å²) in [6, 6.07) is 15.8. The van der Waals surface area contributed by atoms with Crippen molar-refractivity contribution in [3.8, 4) is 5.75 Å². The normalized spacial score (nSPS) is 17.0. The molecule has 1 fully saturated rings. The van der Waals surface area contributed by atoms with Crippen LogP contribution in [0, 0.1) is 0 Å². The molecule has 0 aromatic heterocycles. The van der Waals surface area contributed by atoms with Crippen molar-refractivity contribution in [1.29, 1.82) is 0 Å². The average molecular weight is 345 g/mol. The van der Waals surface area contributed by atoms with Gasteiger partial charge in [-0.1, -0.05) is 54.1 Å². The summed E-state index contributed by atoms with van der Waals surface area (Å²) >= 11 is 6.01. The van der Waals surface area contributed by atoms with E-state index in [-0.39, 0.29) is 25.1 Å². The first-order valence-corrected chi connectivity index (χ1v) is 8.06. The van der Waals surface area contributed by atoms with Crippen LogP contribution in [0.5, 0.6) is 5.75 Å². The first kappa shape index (κ1) is 16.3. The van der Waals surface area contributed by atoms with Crippen LogP contribution in [0.1, 0.15) is 5.56 Å². The standard InChI is InChI=1S/C18H17ClN2O3/c19-14-8-4-5-9-16(14)24-11-10-21-17(22)15(20-18(21)23)12-13-6-2-1-3-7-13/h1-9,15H,10-12H2,(H,20,23). The van der Waals surface area contributed by atoms with Gasteiger partial charge in [-0.15, -0.1) is 0 Å². The Kier molecular flexibility index (Phi) is 5.01. The van der Waals surface area contributed by atoms with Gasteiger partial charge in [0.1, 0.15) is 18.4 Å². The molecule has 124 valence electrons. The number of benzene rings is 2. The second-order valence-electron chi connectivity index (χ2n) is 5.46. The maximum absolute atomic E-state index is 12.4. The monoisotopic (exact) mass is 344 g/mol. The molecule has 3 amide bonds. The number of nitrogens with zero attached hydrogens (tertiary/aromatic N) is 1. The number of hydrogen-bond donors (Lipinski definition) is 1. The minimum atomic E-state index is -0.528. The SMILES string of the molecule is O=C1NC(Cc2ccccc2)C(=O)N1CCOc1ccccc1Cl. The summed E-state index contributed by atoms with van der Waals surface area (Å²) in [6.07, 6.45) is 0.479. The van der Waals surface area contributed by atoms with Crippen molar-refractivity contribution < 1.29 is 14.3 Å². The molecule has 0 spiro atoms. The average Bonchev–Trinajstić information content (AvgIpc) is 2.85. The lowest BCUT2D eigenvalue weighted by Gasteiger charge is -2.14. The molecule has 5 nitrogen and oxygen atoms in total. The van der Waals surface area contributed by atoms with Crippen molar-refractivity contribution in [3.05, 3.63) is 65.2 Å². The third-order valence-corrected chi connectivity index (χ3v) is 4.11. The summed E-state index contributed by atoms with van der Waals surface area (Å²) in [4.78, 5) is 25.6. The number of carbonyl (C=O) groups is 2. The molecule has 3 rings (SSSR count). The fourth-order valence-electron chi connectivity index (χ4n) is 2.59. The quantitative estimate of drug-likeness (QED) is 0.820. The highest BCUT2D eigenvalue weighted by Gasteiger charge is 2.37. The highest BCUT2D eigenvalue weighted by molar-refractivity contribution is 6.32. The number of carbonyl (C=O) groups excluding carboxylic acids is 2. The summed E-state index contributed by atoms with van der Waals surface area (Å²) in [7, 11) is 0. The van der Waals surface area contributed by atoms with E-state index in [0.29, 0.717) is 17.2 Å². The van der Waals surface area contributed by atoms with Crippen molar-refractivity contribution in [1.82, 2.24) is 10.2 Å². The van der Waals surface area contributed by atoms with Crippen LogP contribution < -0.4 is 10.1 Å². The molecular weight excluding hydrogens is 328 g/mol. The number of imide groups is 1. The first-order chi connectivity index (χ1) is 11.6. The van der Waals surface area contributed by atoms with Crippen molar-refractivity contribution in [2.45, 2.75) is 12.5 Å². The van der Waals surface area contributed by atoms with Gasteiger partial charge < -0.3 is 10.1 Å². The summed E-state index contributed by atoms with van der Waals surface area (Å²) in [6.45, 7) is 0.377. The number of hydrogen-bond acceptors (Lipinski definition) is 3. The summed E-state index contributed by atoms with van der Waals surface area (Å²) < 4.78 is 5.54. The maximum atomic E-state index is 12.4. The topological polar surface area (TPSA) is 58.6 Å². The summed E-state index contributed by atoms with van der Waals surface area (Å²) in [5.41, 5.74) is 1.00. The van der Waals surface area contributed by atoms with Gasteiger partial charge in [0.15, 0.2) is 0 Å². The molecule has 1 aliphatic rings. The van der Waals surface area contributed by atoms with Gasteiger partial charge in [-0.3, -0.25) is 9.69 Å². The lowest BCUT2D eigenvalue weighted by atomic mass is 10.1. The van der Waals surface area contributed by atoms with Crippen molar-refractivity contribution >= 4 is 23.5 Å². The van der Waals surface area contributed by atoms with Gasteiger partial charge in [0, 0.05) is 6.42 Å². The van der Waals surface area contributed by atoms with Gasteiger partial charge in [-0.05, 0) is 17.7 Å². The van der Waals surface area contributed by atoms with Gasteiger partial charge in [0.25, 0.3) is 5.91 Å². The number of nitrogens with one attached hydrogen (secondary N) is 1. The zero-order chi connectivity index (χ0) is 16.9. The second-order valence-corrected chi connectivity index (χ2v) is 5.87. The van der Waals surface area contributed by atoms with Crippen LogP contribution in [0.25, 0.3) is 0 Å². The van der Waals surface area contributed by atoms with Gasteiger partial charge >= 0.3 is 6.03 Å². The van der Waals surface area contributed by atoms with Crippen LogP contribution >= 0.6 is 11.6 Å². The Morgan fingerprint density at radius 3 is 2.50 bits per heavy atom. The Hall–Kier alpha value is -2.53. The van der Waals surface area contributed by atoms with E-state index < -0.39 is 6.04 Å². The van der Waals surface area contributed by atoms with E-state index in [2.05, 4.69) is 5.32 Å². The Morgan fingerprint density at radius 2 is 1.75 bits per heavy atom. The number of urea groups is 1. The maximum Gasteiger partial charge on any atom is 0.324 e. The zero-order valence-corrected chi connectivity index (χ0v) is 13.7. The van der Waals surface area contributed by atoms with Crippen LogP contribution in [-0.2, 0) is 11.2 Å². The van der Waals surface area contributed by atoms with Crippen LogP contribution in [0.3, 0.4) is 0 Å². The predicted molar refractivity (Wildman–Crippen MR) is 91.1 cm³/mol. The van der Waals surface area contributed by atoms with Crippen LogP contribution in [0.15, 0.2) is 54.6 Å². The van der Waals surface area contributed by atoms with Gasteiger partial charge in [-0.25, -0.2) is 4.79 Å². The lowest BCUT2D eigenvalue weighted by Crippen LogP contribution is -2.35. The molecule has 0 radical (unpaired) electrons. The molecule has 6 heteroatoms. The van der Waals surface area contributed by atoms with Gasteiger partial charge in [0.05, 0.1) is 11.6 Å². The highest BCUT2D eigenvalue weighted by atomic mass is 35.5. The van der Waals surface area contributed by atoms with E-state index >= 15 is 0 Å². The Labute approximate surface area is 145 Å². The van der Waals surface area contributed by atoms with Crippen LogP contribution in [0.2, 0.25) is 5.02 Å². The molecule has 1 atom stereocenters. The molecule has 1 aliphatic heterocycles. The smallest absolute Gasteiger partial charge is 0.324 e. The van der Waals surface area contributed by atoms with E-state index in [9.17, 15) is 9.59 Å². The Bertz CT molecular complexity index is 736. The fraction of sp³-hybridized carbons (Fsp3) is 0.222. The van der Waals surface area contributed by atoms with Gasteiger partial charge in [0.2, 0.25) is 0 Å². The molecule has 1 N–H and O–H groups in total. The lowest BCUT2D eigenvalue weighted by molar-refractivity contribution is -0.127. The number of halogens is 1. The van der Waals surface area contributed by atoms with E-state index in [1.54, 1.807) is 18.2 Å². The molecule has 2 aromatic rings. The first-order valence-electron chi connectivity index (χ1n) is 7.68. The van der Waals surface area contributed by atoms with E-state index in [0.717, 1.165) is 5.56 Å². The third-order valence-electron chi connectivity index (χ3n) is 3.80. The van der Waals surface area contributed by atoms with Crippen molar-refractivity contribution in [3.63, 3.8) is 0 Å². The molecule has 0 aliphatic carbocycles. The predicted octanol–water partition coefficient (Wildman–Crippen LogP) is 2.88. The Morgan fingerprint density at radius 1 is 1.04 bits per heavy atom. The molecule has 0 saturated carbocycles. The number of ether oxygens (including phenoxy) is 1. The minimum absolute atomic E-state index is 0.182. The molecule has 2 aromatic carbocycles. The van der Waals surface area contributed by atoms with E-state index in [1.807, 2.05) is 36.4 Å². The molecule has 1 heterocycles. The van der Waals surface area contributed by atoms with Crippen LogP contribution in [0.4, 0.5) is 4.79 Å². The second kappa shape index (κ2) is 7.36. The molecule has 1 unspecified atom stereocenters. The fourth-order valence-corrected chi connectivity index (χ4v) is 2.78. The molecule has 24 heavy (non-hydrogen) atoms. The third kappa shape index (κ3) is 3.68. The molecule has 0 bridgehead atoms. The molecule has 1 saturated heterocycles. The highest BCUT2D eigenvalue weighted by Crippen LogP contribution is 2.23. The van der Waals surface area contributed by atoms with Gasteiger partial charge in [-0.2, -0.15) is 0 Å². The Balaban J connectivity index is 1.55. The largest absolute Gasteiger partial charge is 0.490 e. The minimum Gasteiger partial charge on any atom is -0.490 e. The van der Waals surface area contributed by atoms with Crippen molar-refractivity contribution in [2.24, 2.45) is 0 Å². The number of para-hydroxylation sites is 1. The number of amides is 3. The summed E-state index contributed by atoms with van der Waals surface area (Å²) in [5.74, 6) is 0.304. The van der Waals surface area contributed by atoms with Crippen molar-refractivity contribution in [2.75, 3.05) is 13.2 Å². The zero-order valence-electron chi connectivity index (χ0n) is 12.9. The molecular formula is C18H17ClN2O3. The van der Waals surface area contributed by atoms with E-state index in [1.165, 1.54) is 4.90 Å². The summed E-state index contributed by atoms with van der Waals surface area (Å²) in [5, 5.41) is 3.21. The number of rotatable bonds is 6.